The zero-order valence-corrected chi connectivity index (χ0v) is 13.7. The fourth-order valence-corrected chi connectivity index (χ4v) is 2.27. The lowest BCUT2D eigenvalue weighted by Crippen LogP contribution is -1.95. The maximum Gasteiger partial charge on any atom is 0.295 e. The van der Waals surface area contributed by atoms with E-state index in [1.165, 1.54) is 18.2 Å². The molecule has 8 heteroatoms. The van der Waals surface area contributed by atoms with Gasteiger partial charge >= 0.3 is 0 Å². The van der Waals surface area contributed by atoms with Gasteiger partial charge in [-0.2, -0.15) is 0 Å². The molecule has 0 aliphatic carbocycles. The van der Waals surface area contributed by atoms with E-state index in [2.05, 4.69) is 4.98 Å². The molecule has 0 aliphatic heterocycles. The largest absolute Gasteiger partial charge is 0.393 e. The number of nitrogens with two attached hydrogens (primary N) is 1. The summed E-state index contributed by atoms with van der Waals surface area (Å²) in [4.78, 5) is 24.1. The minimum atomic E-state index is -0.484. The molecular weight excluding hydrogens is 324 g/mol. The van der Waals surface area contributed by atoms with E-state index < -0.39 is 9.85 Å². The number of hydrogen-bond donors (Lipinski definition) is 1. The topological polar surface area (TPSA) is 125 Å². The van der Waals surface area contributed by atoms with Gasteiger partial charge in [0, 0.05) is 23.7 Å². The maximum absolute atomic E-state index is 10.7. The van der Waals surface area contributed by atoms with Crippen molar-refractivity contribution < 1.29 is 9.85 Å². The lowest BCUT2D eigenvalue weighted by atomic mass is 10.1. The number of benzene rings is 2. The lowest BCUT2D eigenvalue weighted by Gasteiger charge is -1.99. The van der Waals surface area contributed by atoms with Crippen LogP contribution in [0.1, 0.15) is 11.1 Å². The van der Waals surface area contributed by atoms with Crippen LogP contribution in [0.2, 0.25) is 0 Å². The van der Waals surface area contributed by atoms with Crippen molar-refractivity contribution in [2.45, 2.75) is 13.8 Å². The molecule has 25 heavy (non-hydrogen) atoms. The van der Waals surface area contributed by atoms with Crippen molar-refractivity contribution in [3.05, 3.63) is 80.0 Å². The van der Waals surface area contributed by atoms with Gasteiger partial charge in [-0.1, -0.05) is 12.1 Å². The van der Waals surface area contributed by atoms with Gasteiger partial charge in [0.25, 0.3) is 11.4 Å². The van der Waals surface area contributed by atoms with Crippen LogP contribution in [0.3, 0.4) is 0 Å². The average Bonchev–Trinajstić information content (AvgIpc) is 2.56. The van der Waals surface area contributed by atoms with Gasteiger partial charge in [-0.15, -0.1) is 0 Å². The predicted molar refractivity (Wildman–Crippen MR) is 95.4 cm³/mol. The first kappa shape index (κ1) is 17.8. The lowest BCUT2D eigenvalue weighted by molar-refractivity contribution is -0.384. The van der Waals surface area contributed by atoms with Gasteiger partial charge in [0.2, 0.25) is 0 Å². The monoisotopic (exact) mass is 340 g/mol. The van der Waals surface area contributed by atoms with E-state index in [1.54, 1.807) is 25.3 Å². The molecule has 0 unspecified atom stereocenters. The molecule has 2 N–H and O–H groups in total. The number of aromatic nitrogens is 1. The van der Waals surface area contributed by atoms with Crippen LogP contribution in [0.4, 0.5) is 17.1 Å². The first-order valence-electron chi connectivity index (χ1n) is 7.30. The zero-order chi connectivity index (χ0) is 18.6. The highest BCUT2D eigenvalue weighted by molar-refractivity contribution is 5.87. The molecule has 0 saturated carbocycles. The van der Waals surface area contributed by atoms with E-state index in [4.69, 9.17) is 5.73 Å². The van der Waals surface area contributed by atoms with Gasteiger partial charge in [-0.25, -0.2) is 4.98 Å². The second-order valence-corrected chi connectivity index (χ2v) is 5.44. The predicted octanol–water partition coefficient (Wildman–Crippen LogP) is 3.94. The minimum absolute atomic E-state index is 0.0231. The van der Waals surface area contributed by atoms with Gasteiger partial charge in [0.15, 0.2) is 0 Å². The third kappa shape index (κ3) is 4.25. The molecule has 2 aromatic carbocycles. The Morgan fingerprint density at radius 1 is 0.920 bits per heavy atom. The summed E-state index contributed by atoms with van der Waals surface area (Å²) in [5, 5.41) is 21.8. The average molecular weight is 340 g/mol. The summed E-state index contributed by atoms with van der Waals surface area (Å²) in [6, 6.07) is 11.7. The molecule has 0 atom stereocenters. The van der Waals surface area contributed by atoms with Crippen molar-refractivity contribution in [1.29, 1.82) is 0 Å². The van der Waals surface area contributed by atoms with Gasteiger partial charge in [-0.05, 0) is 43.2 Å². The molecule has 1 aromatic heterocycles. The number of anilines is 1. The van der Waals surface area contributed by atoms with E-state index in [9.17, 15) is 20.2 Å². The van der Waals surface area contributed by atoms with Crippen LogP contribution in [0.15, 0.2) is 48.7 Å². The highest BCUT2D eigenvalue weighted by atomic mass is 16.6. The van der Waals surface area contributed by atoms with Crippen LogP contribution < -0.4 is 5.73 Å². The number of non-ortho nitro benzene ring substituents is 1. The highest BCUT2D eigenvalue weighted by Crippen LogP contribution is 2.24. The van der Waals surface area contributed by atoms with Crippen molar-refractivity contribution in [3.8, 4) is 0 Å². The Morgan fingerprint density at radius 3 is 2.16 bits per heavy atom. The van der Waals surface area contributed by atoms with E-state index in [-0.39, 0.29) is 17.1 Å². The van der Waals surface area contributed by atoms with Gasteiger partial charge < -0.3 is 5.73 Å². The molecule has 0 spiro atoms. The molecule has 1 heterocycles. The number of aryl methyl sites for hydroxylation is 2. The summed E-state index contributed by atoms with van der Waals surface area (Å²) < 4.78 is 0. The number of nitrogens with zero attached hydrogens (tertiary/aromatic N) is 3. The summed E-state index contributed by atoms with van der Waals surface area (Å²) in [6.07, 6.45) is 1.56. The first-order valence-corrected chi connectivity index (χ1v) is 7.30. The van der Waals surface area contributed by atoms with E-state index in [0.29, 0.717) is 5.52 Å². The van der Waals surface area contributed by atoms with Crippen molar-refractivity contribution in [3.63, 3.8) is 0 Å². The molecule has 0 aliphatic rings. The maximum atomic E-state index is 10.7. The molecule has 0 saturated heterocycles. The van der Waals surface area contributed by atoms with Crippen LogP contribution in [0.5, 0.6) is 0 Å². The SMILES string of the molecule is Cc1cc([N+](=O)[O-])c2ncccc2c1.Cc1ccc(N)c([N+](=O)[O-])c1. The Morgan fingerprint density at radius 2 is 1.56 bits per heavy atom. The Labute approximate surface area is 143 Å². The number of rotatable bonds is 2. The summed E-state index contributed by atoms with van der Waals surface area (Å²) >= 11 is 0. The van der Waals surface area contributed by atoms with Crippen LogP contribution in [-0.2, 0) is 0 Å². The smallest absolute Gasteiger partial charge is 0.295 e. The second kappa shape index (κ2) is 7.35. The second-order valence-electron chi connectivity index (χ2n) is 5.44. The number of pyridine rings is 1. The summed E-state index contributed by atoms with van der Waals surface area (Å²) in [7, 11) is 0. The molecule has 0 bridgehead atoms. The summed E-state index contributed by atoms with van der Waals surface area (Å²) in [5.41, 5.74) is 7.76. The van der Waals surface area contributed by atoms with Gasteiger partial charge in [0.1, 0.15) is 11.2 Å². The Hall–Kier alpha value is -3.55. The number of fused-ring (bicyclic) bond motifs is 1. The minimum Gasteiger partial charge on any atom is -0.393 e. The van der Waals surface area contributed by atoms with Gasteiger partial charge in [-0.3, -0.25) is 20.2 Å². The molecule has 0 radical (unpaired) electrons. The van der Waals surface area contributed by atoms with Crippen molar-refractivity contribution in [2.24, 2.45) is 0 Å². The first-order chi connectivity index (χ1) is 11.8. The van der Waals surface area contributed by atoms with Crippen molar-refractivity contribution in [1.82, 2.24) is 4.98 Å². The van der Waals surface area contributed by atoms with Gasteiger partial charge in [0.05, 0.1) is 9.85 Å². The van der Waals surface area contributed by atoms with Crippen LogP contribution in [0.25, 0.3) is 10.9 Å². The molecular formula is C17H16N4O4. The normalized spacial score (nSPS) is 10.0. The van der Waals surface area contributed by atoms with Crippen molar-refractivity contribution >= 4 is 28.0 Å². The van der Waals surface area contributed by atoms with Crippen LogP contribution >= 0.6 is 0 Å². The molecule has 3 rings (SSSR count). The number of nitro groups is 2. The van der Waals surface area contributed by atoms with Crippen LogP contribution in [0, 0.1) is 34.1 Å². The highest BCUT2D eigenvalue weighted by Gasteiger charge is 2.13. The summed E-state index contributed by atoms with van der Waals surface area (Å²) in [5.74, 6) is 0. The summed E-state index contributed by atoms with van der Waals surface area (Å²) in [6.45, 7) is 3.62. The Balaban J connectivity index is 0.000000186. The Kier molecular flexibility index (Phi) is 5.23. The van der Waals surface area contributed by atoms with Crippen LogP contribution in [-0.4, -0.2) is 14.8 Å². The quantitative estimate of drug-likeness (QED) is 0.428. The molecule has 8 nitrogen and oxygen atoms in total. The number of nitrogen functional groups attached to an aromatic ring is 1. The molecule has 0 fully saturated rings. The standard InChI is InChI=1S/C10H8N2O2.C7H8N2O2/c1-7-5-8-3-2-4-11-10(8)9(6-7)12(13)14;1-5-2-3-6(8)7(4-5)9(10)11/h2-6H,1H3;2-4H,8H2,1H3. The van der Waals surface area contributed by atoms with E-state index in [0.717, 1.165) is 16.5 Å². The Bertz CT molecular complexity index is 957. The van der Waals surface area contributed by atoms with E-state index >= 15 is 0 Å². The molecule has 3 aromatic rings. The van der Waals surface area contributed by atoms with Crippen molar-refractivity contribution in [2.75, 3.05) is 5.73 Å². The third-order valence-electron chi connectivity index (χ3n) is 3.41. The fourth-order valence-electron chi connectivity index (χ4n) is 2.27. The number of hydrogen-bond acceptors (Lipinski definition) is 6. The number of nitro benzene ring substituents is 2. The fraction of sp³-hybridized carbons (Fsp3) is 0.118. The van der Waals surface area contributed by atoms with E-state index in [1.807, 2.05) is 19.1 Å². The zero-order valence-electron chi connectivity index (χ0n) is 13.7. The molecule has 128 valence electrons. The molecule has 0 amide bonds. The third-order valence-corrected chi connectivity index (χ3v) is 3.41.